The van der Waals surface area contributed by atoms with E-state index in [0.717, 1.165) is 6.54 Å². The molecule has 6 heteroatoms. The number of aromatic nitrogens is 1. The van der Waals surface area contributed by atoms with Crippen LogP contribution in [-0.4, -0.2) is 23.5 Å². The fourth-order valence-electron chi connectivity index (χ4n) is 1.62. The first-order chi connectivity index (χ1) is 7.70. The summed E-state index contributed by atoms with van der Waals surface area (Å²) in [4.78, 5) is 16.0. The number of hydrogen-bond acceptors (Lipinski definition) is 5. The number of nitro groups is 1. The van der Waals surface area contributed by atoms with Gasteiger partial charge in [0.1, 0.15) is 5.82 Å². The van der Waals surface area contributed by atoms with E-state index in [9.17, 15) is 10.1 Å². The highest BCUT2D eigenvalue weighted by molar-refractivity contribution is 5.57. The topological polar surface area (TPSA) is 85.3 Å². The van der Waals surface area contributed by atoms with E-state index in [2.05, 4.69) is 25.8 Å². The van der Waals surface area contributed by atoms with Crippen LogP contribution in [0.2, 0.25) is 0 Å². The summed E-state index contributed by atoms with van der Waals surface area (Å²) in [6, 6.07) is 3.00. The van der Waals surface area contributed by atoms with Gasteiger partial charge in [-0.2, -0.15) is 0 Å². The van der Waals surface area contributed by atoms with Gasteiger partial charge < -0.3 is 10.6 Å². The highest BCUT2D eigenvalue weighted by Gasteiger charge is 2.18. The third-order valence-electron chi connectivity index (χ3n) is 2.19. The molecule has 17 heavy (non-hydrogen) atoms. The highest BCUT2D eigenvalue weighted by Crippen LogP contribution is 2.24. The predicted octanol–water partition coefficient (Wildman–Crippen LogP) is 2.05. The monoisotopic (exact) mass is 238 g/mol. The van der Waals surface area contributed by atoms with Gasteiger partial charge in [0.15, 0.2) is 0 Å². The van der Waals surface area contributed by atoms with Gasteiger partial charge in [0.2, 0.25) is 5.82 Å². The van der Waals surface area contributed by atoms with Crippen LogP contribution >= 0.6 is 0 Å². The number of anilines is 2. The first kappa shape index (κ1) is 13.2. The van der Waals surface area contributed by atoms with Crippen LogP contribution in [0.4, 0.5) is 17.3 Å². The molecule has 0 aliphatic rings. The van der Waals surface area contributed by atoms with Crippen molar-refractivity contribution in [1.82, 2.24) is 4.98 Å². The van der Waals surface area contributed by atoms with E-state index >= 15 is 0 Å². The molecule has 0 unspecified atom stereocenters. The van der Waals surface area contributed by atoms with E-state index in [4.69, 9.17) is 5.73 Å². The third-order valence-corrected chi connectivity index (χ3v) is 2.19. The molecule has 0 amide bonds. The summed E-state index contributed by atoms with van der Waals surface area (Å²) >= 11 is 0. The molecule has 0 radical (unpaired) electrons. The smallest absolute Gasteiger partial charge is 0.311 e. The lowest BCUT2D eigenvalue weighted by molar-refractivity contribution is -0.384. The molecule has 1 heterocycles. The zero-order chi connectivity index (χ0) is 13.2. The fourth-order valence-corrected chi connectivity index (χ4v) is 1.62. The molecule has 0 saturated carbocycles. The Labute approximate surface area is 101 Å². The van der Waals surface area contributed by atoms with Gasteiger partial charge in [-0.1, -0.05) is 20.8 Å². The maximum atomic E-state index is 10.6. The zero-order valence-corrected chi connectivity index (χ0v) is 10.6. The highest BCUT2D eigenvalue weighted by atomic mass is 16.6. The zero-order valence-electron chi connectivity index (χ0n) is 10.6. The second kappa shape index (κ2) is 4.57. The van der Waals surface area contributed by atoms with Crippen LogP contribution in [0.5, 0.6) is 0 Å². The van der Waals surface area contributed by atoms with E-state index in [-0.39, 0.29) is 16.9 Å². The number of hydrogen-bond donors (Lipinski definition) is 1. The Morgan fingerprint density at radius 3 is 2.47 bits per heavy atom. The van der Waals surface area contributed by atoms with E-state index in [1.807, 2.05) is 11.9 Å². The lowest BCUT2D eigenvalue weighted by Crippen LogP contribution is -2.29. The van der Waals surface area contributed by atoms with Gasteiger partial charge in [-0.3, -0.25) is 10.1 Å². The third kappa shape index (κ3) is 3.58. The molecule has 94 valence electrons. The van der Waals surface area contributed by atoms with Crippen molar-refractivity contribution >= 4 is 17.3 Å². The van der Waals surface area contributed by atoms with Crippen LogP contribution in [0.1, 0.15) is 20.8 Å². The first-order valence-electron chi connectivity index (χ1n) is 5.33. The molecule has 1 aromatic heterocycles. The average molecular weight is 238 g/mol. The number of nitrogens with two attached hydrogens (primary N) is 1. The van der Waals surface area contributed by atoms with Gasteiger partial charge in [-0.25, -0.2) is 4.98 Å². The van der Waals surface area contributed by atoms with E-state index in [1.54, 1.807) is 6.07 Å². The Balaban J connectivity index is 2.94. The summed E-state index contributed by atoms with van der Waals surface area (Å²) in [5.41, 5.74) is 5.51. The number of nitrogen functional groups attached to an aromatic ring is 1. The largest absolute Gasteiger partial charge is 0.378 e. The van der Waals surface area contributed by atoms with Gasteiger partial charge in [-0.15, -0.1) is 0 Å². The quantitative estimate of drug-likeness (QED) is 0.643. The van der Waals surface area contributed by atoms with Crippen molar-refractivity contribution in [3.05, 3.63) is 22.2 Å². The van der Waals surface area contributed by atoms with Crippen molar-refractivity contribution in [2.45, 2.75) is 20.8 Å². The number of rotatable bonds is 3. The summed E-state index contributed by atoms with van der Waals surface area (Å²) in [6.07, 6.45) is 0. The van der Waals surface area contributed by atoms with Crippen molar-refractivity contribution in [3.8, 4) is 0 Å². The van der Waals surface area contributed by atoms with Crippen molar-refractivity contribution in [2.24, 2.45) is 5.41 Å². The Hall–Kier alpha value is -1.85. The van der Waals surface area contributed by atoms with E-state index in [1.165, 1.54) is 6.07 Å². The molecule has 0 atom stereocenters. The van der Waals surface area contributed by atoms with Gasteiger partial charge in [0.25, 0.3) is 0 Å². The molecular formula is C11H18N4O2. The van der Waals surface area contributed by atoms with Crippen LogP contribution in [0.25, 0.3) is 0 Å². The summed E-state index contributed by atoms with van der Waals surface area (Å²) in [7, 11) is 1.89. The Morgan fingerprint density at radius 2 is 2.06 bits per heavy atom. The minimum absolute atomic E-state index is 0.0479. The Bertz CT molecular complexity index is 426. The van der Waals surface area contributed by atoms with Crippen LogP contribution in [0, 0.1) is 15.5 Å². The Kier molecular flexibility index (Phi) is 3.55. The summed E-state index contributed by atoms with van der Waals surface area (Å²) in [6.45, 7) is 7.12. The molecule has 0 fully saturated rings. The van der Waals surface area contributed by atoms with Gasteiger partial charge in [0.05, 0.1) is 4.92 Å². The minimum atomic E-state index is -0.532. The van der Waals surface area contributed by atoms with Gasteiger partial charge in [-0.05, 0) is 11.5 Å². The number of nitrogens with zero attached hydrogens (tertiary/aromatic N) is 3. The second-order valence-corrected chi connectivity index (χ2v) is 5.25. The van der Waals surface area contributed by atoms with Crippen LogP contribution in [0.3, 0.4) is 0 Å². The normalized spacial score (nSPS) is 11.3. The molecule has 0 aliphatic carbocycles. The molecule has 0 saturated heterocycles. The van der Waals surface area contributed by atoms with Crippen molar-refractivity contribution in [2.75, 3.05) is 24.2 Å². The fraction of sp³-hybridized carbons (Fsp3) is 0.545. The van der Waals surface area contributed by atoms with Gasteiger partial charge in [0, 0.05) is 19.7 Å². The van der Waals surface area contributed by atoms with Crippen molar-refractivity contribution in [1.29, 1.82) is 0 Å². The standard InChI is InChI=1S/C11H18N4O2/c1-11(2,3)7-14(4)9-6-5-8(15(16)17)10(12)13-9/h5-6H,7H2,1-4H3,(H2,12,13). The molecule has 1 rings (SSSR count). The molecule has 1 aromatic rings. The summed E-state index contributed by atoms with van der Waals surface area (Å²) < 4.78 is 0. The lowest BCUT2D eigenvalue weighted by atomic mass is 9.96. The Morgan fingerprint density at radius 1 is 1.47 bits per heavy atom. The van der Waals surface area contributed by atoms with Crippen molar-refractivity contribution in [3.63, 3.8) is 0 Å². The second-order valence-electron chi connectivity index (χ2n) is 5.25. The summed E-state index contributed by atoms with van der Waals surface area (Å²) in [5, 5.41) is 10.6. The maximum absolute atomic E-state index is 10.6. The SMILES string of the molecule is CN(CC(C)(C)C)c1ccc([N+](=O)[O-])c(N)n1. The van der Waals surface area contributed by atoms with Crippen molar-refractivity contribution < 1.29 is 4.92 Å². The molecule has 6 nitrogen and oxygen atoms in total. The molecule has 0 spiro atoms. The lowest BCUT2D eigenvalue weighted by Gasteiger charge is -2.27. The molecular weight excluding hydrogens is 220 g/mol. The minimum Gasteiger partial charge on any atom is -0.378 e. The summed E-state index contributed by atoms with van der Waals surface area (Å²) in [5.74, 6) is 0.594. The van der Waals surface area contributed by atoms with Crippen LogP contribution in [0.15, 0.2) is 12.1 Å². The molecule has 0 aliphatic heterocycles. The molecule has 2 N–H and O–H groups in total. The van der Waals surface area contributed by atoms with Crippen LogP contribution in [-0.2, 0) is 0 Å². The van der Waals surface area contributed by atoms with E-state index in [0.29, 0.717) is 5.82 Å². The van der Waals surface area contributed by atoms with Crippen LogP contribution < -0.4 is 10.6 Å². The number of pyridine rings is 1. The van der Waals surface area contributed by atoms with E-state index < -0.39 is 4.92 Å². The molecule has 0 bridgehead atoms. The maximum Gasteiger partial charge on any atom is 0.311 e. The molecule has 0 aromatic carbocycles. The first-order valence-corrected chi connectivity index (χ1v) is 5.33. The van der Waals surface area contributed by atoms with Gasteiger partial charge >= 0.3 is 5.69 Å². The predicted molar refractivity (Wildman–Crippen MR) is 68.0 cm³/mol. The average Bonchev–Trinajstić information content (AvgIpc) is 2.14.